The molecule has 0 aromatic carbocycles. The van der Waals surface area contributed by atoms with Gasteiger partial charge in [-0.2, -0.15) is 0 Å². The van der Waals surface area contributed by atoms with Crippen LogP contribution in [0.5, 0.6) is 0 Å². The van der Waals surface area contributed by atoms with Crippen molar-refractivity contribution in [2.24, 2.45) is 0 Å². The van der Waals surface area contributed by atoms with Gasteiger partial charge >= 0.3 is 7.12 Å². The van der Waals surface area contributed by atoms with E-state index in [2.05, 4.69) is 41.5 Å². The second-order valence-electron chi connectivity index (χ2n) is 8.79. The predicted octanol–water partition coefficient (Wildman–Crippen LogP) is 7.17. The van der Waals surface area contributed by atoms with Gasteiger partial charge in [0.25, 0.3) is 0 Å². The molecule has 142 valence electrons. The maximum Gasteiger partial charge on any atom is 0.461 e. The molecule has 0 aromatic heterocycles. The van der Waals surface area contributed by atoms with Crippen molar-refractivity contribution in [3.8, 4) is 0 Å². The topological polar surface area (TPSA) is 18.5 Å². The molecule has 3 heteroatoms. The summed E-state index contributed by atoms with van der Waals surface area (Å²) in [5.74, 6) is 0.564. The third-order valence-corrected chi connectivity index (χ3v) is 6.01. The van der Waals surface area contributed by atoms with Gasteiger partial charge in [-0.1, -0.05) is 90.9 Å². The fraction of sp³-hybridized carbons (Fsp3) is 1.00. The average molecular weight is 338 g/mol. The molecule has 1 rings (SSSR count). The van der Waals surface area contributed by atoms with Gasteiger partial charge in [0.2, 0.25) is 0 Å². The number of rotatable bonds is 13. The third kappa shape index (κ3) is 7.08. The zero-order valence-corrected chi connectivity index (χ0v) is 17.5. The average Bonchev–Trinajstić information content (AvgIpc) is 2.72. The lowest BCUT2D eigenvalue weighted by atomic mass is 9.66. The van der Waals surface area contributed by atoms with Crippen molar-refractivity contribution in [1.29, 1.82) is 0 Å². The van der Waals surface area contributed by atoms with Gasteiger partial charge in [-0.15, -0.1) is 0 Å². The predicted molar refractivity (Wildman–Crippen MR) is 107 cm³/mol. The van der Waals surface area contributed by atoms with Crippen LogP contribution in [0.15, 0.2) is 0 Å². The Kier molecular flexibility index (Phi) is 9.97. The van der Waals surface area contributed by atoms with Crippen molar-refractivity contribution >= 4 is 7.12 Å². The normalized spacial score (nSPS) is 19.4. The lowest BCUT2D eigenvalue weighted by molar-refractivity contribution is 0.00578. The van der Waals surface area contributed by atoms with Crippen molar-refractivity contribution in [2.45, 2.75) is 136 Å². The minimum absolute atomic E-state index is 0.00708. The van der Waals surface area contributed by atoms with E-state index in [1.807, 2.05) is 0 Å². The van der Waals surface area contributed by atoms with Crippen molar-refractivity contribution in [3.63, 3.8) is 0 Å². The lowest BCUT2D eigenvalue weighted by Gasteiger charge is -2.32. The van der Waals surface area contributed by atoms with Gasteiger partial charge in [0, 0.05) is 0 Å². The van der Waals surface area contributed by atoms with Gasteiger partial charge in [0.15, 0.2) is 0 Å². The highest BCUT2D eigenvalue weighted by Gasteiger charge is 2.53. The maximum absolute atomic E-state index is 6.36. The standard InChI is InChI=1S/C21H43BO2/c1-7-9-11-13-15-17-19(18-16-14-12-10-8-2)22-23-20(3,4)21(5,6)24-22/h19H,7-18H2,1-6H3. The quantitative estimate of drug-likeness (QED) is 0.262. The SMILES string of the molecule is CCCCCCCC(CCCCCCC)B1OC(C)(C)C(C)(C)O1. The van der Waals surface area contributed by atoms with Crippen LogP contribution in [-0.2, 0) is 9.31 Å². The Labute approximate surface area is 152 Å². The molecule has 1 saturated heterocycles. The zero-order valence-electron chi connectivity index (χ0n) is 17.5. The summed E-state index contributed by atoms with van der Waals surface area (Å²) in [5, 5.41) is 0. The molecule has 2 nitrogen and oxygen atoms in total. The highest BCUT2D eigenvalue weighted by atomic mass is 16.7. The second kappa shape index (κ2) is 10.9. The van der Waals surface area contributed by atoms with Crippen LogP contribution in [0.2, 0.25) is 5.82 Å². The molecule has 1 fully saturated rings. The number of hydrogen-bond donors (Lipinski definition) is 0. The molecule has 0 spiro atoms. The van der Waals surface area contributed by atoms with Gasteiger partial charge in [-0.3, -0.25) is 0 Å². The van der Waals surface area contributed by atoms with E-state index >= 15 is 0 Å². The molecule has 0 aliphatic carbocycles. The van der Waals surface area contributed by atoms with Crippen molar-refractivity contribution in [3.05, 3.63) is 0 Å². The Morgan fingerprint density at radius 2 is 1.00 bits per heavy atom. The van der Waals surface area contributed by atoms with Crippen LogP contribution in [0, 0.1) is 0 Å². The molecule has 0 N–H and O–H groups in total. The van der Waals surface area contributed by atoms with Gasteiger partial charge in [0.1, 0.15) is 0 Å². The second-order valence-corrected chi connectivity index (χ2v) is 8.79. The van der Waals surface area contributed by atoms with E-state index in [4.69, 9.17) is 9.31 Å². The van der Waals surface area contributed by atoms with Crippen LogP contribution in [0.3, 0.4) is 0 Å². The molecular formula is C21H43BO2. The minimum atomic E-state index is -0.194. The zero-order chi connectivity index (χ0) is 18.1. The summed E-state index contributed by atoms with van der Waals surface area (Å²) < 4.78 is 12.7. The first kappa shape index (κ1) is 22.0. The Morgan fingerprint density at radius 3 is 1.38 bits per heavy atom. The highest BCUT2D eigenvalue weighted by Crippen LogP contribution is 2.42. The van der Waals surface area contributed by atoms with E-state index in [1.54, 1.807) is 0 Å². The Hall–Kier alpha value is -0.0151. The molecule has 0 aromatic rings. The molecule has 0 saturated carbocycles. The summed E-state index contributed by atoms with van der Waals surface area (Å²) in [4.78, 5) is 0. The van der Waals surface area contributed by atoms with Crippen LogP contribution in [-0.4, -0.2) is 18.3 Å². The summed E-state index contributed by atoms with van der Waals surface area (Å²) in [6, 6.07) is 0. The Morgan fingerprint density at radius 1 is 0.625 bits per heavy atom. The fourth-order valence-corrected chi connectivity index (χ4v) is 3.52. The minimum Gasteiger partial charge on any atom is -0.403 e. The monoisotopic (exact) mass is 338 g/mol. The van der Waals surface area contributed by atoms with Crippen molar-refractivity contribution in [2.75, 3.05) is 0 Å². The molecule has 1 aliphatic rings. The van der Waals surface area contributed by atoms with Crippen molar-refractivity contribution in [1.82, 2.24) is 0 Å². The van der Waals surface area contributed by atoms with E-state index in [-0.39, 0.29) is 18.3 Å². The summed E-state index contributed by atoms with van der Waals surface area (Å²) >= 11 is 0. The van der Waals surface area contributed by atoms with Crippen LogP contribution < -0.4 is 0 Å². The van der Waals surface area contributed by atoms with Gasteiger partial charge in [0.05, 0.1) is 11.2 Å². The van der Waals surface area contributed by atoms with E-state index in [9.17, 15) is 0 Å². The largest absolute Gasteiger partial charge is 0.461 e. The van der Waals surface area contributed by atoms with Gasteiger partial charge in [-0.05, 0) is 33.5 Å². The maximum atomic E-state index is 6.36. The summed E-state index contributed by atoms with van der Waals surface area (Å²) in [7, 11) is -0.00708. The summed E-state index contributed by atoms with van der Waals surface area (Å²) in [5.41, 5.74) is -0.388. The van der Waals surface area contributed by atoms with E-state index < -0.39 is 0 Å². The number of unbranched alkanes of at least 4 members (excludes halogenated alkanes) is 8. The Balaban J connectivity index is 2.48. The van der Waals surface area contributed by atoms with Crippen LogP contribution >= 0.6 is 0 Å². The molecule has 0 amide bonds. The van der Waals surface area contributed by atoms with Crippen molar-refractivity contribution < 1.29 is 9.31 Å². The fourth-order valence-electron chi connectivity index (χ4n) is 3.52. The van der Waals surface area contributed by atoms with Crippen LogP contribution in [0.4, 0.5) is 0 Å². The van der Waals surface area contributed by atoms with Gasteiger partial charge in [-0.25, -0.2) is 0 Å². The van der Waals surface area contributed by atoms with E-state index in [0.717, 1.165) is 0 Å². The molecule has 1 aliphatic heterocycles. The number of hydrogen-bond acceptors (Lipinski definition) is 2. The molecular weight excluding hydrogens is 295 g/mol. The molecule has 0 bridgehead atoms. The Bertz CT molecular complexity index is 298. The lowest BCUT2D eigenvalue weighted by Crippen LogP contribution is -2.41. The van der Waals surface area contributed by atoms with Gasteiger partial charge < -0.3 is 9.31 Å². The summed E-state index contributed by atoms with van der Waals surface area (Å²) in [6.07, 6.45) is 16.0. The smallest absolute Gasteiger partial charge is 0.403 e. The molecule has 0 unspecified atom stereocenters. The first-order valence-electron chi connectivity index (χ1n) is 10.7. The molecule has 0 radical (unpaired) electrons. The molecule has 0 atom stereocenters. The van der Waals surface area contributed by atoms with Crippen LogP contribution in [0.25, 0.3) is 0 Å². The highest BCUT2D eigenvalue weighted by molar-refractivity contribution is 6.47. The third-order valence-electron chi connectivity index (χ3n) is 6.01. The summed E-state index contributed by atoms with van der Waals surface area (Å²) in [6.45, 7) is 13.3. The molecule has 24 heavy (non-hydrogen) atoms. The van der Waals surface area contributed by atoms with E-state index in [1.165, 1.54) is 77.0 Å². The molecule has 1 heterocycles. The first-order valence-corrected chi connectivity index (χ1v) is 10.7. The first-order chi connectivity index (χ1) is 11.3. The van der Waals surface area contributed by atoms with E-state index in [0.29, 0.717) is 5.82 Å². The van der Waals surface area contributed by atoms with Crippen LogP contribution in [0.1, 0.15) is 119 Å².